The second-order valence-electron chi connectivity index (χ2n) is 6.31. The maximum atomic E-state index is 11.6. The first-order chi connectivity index (χ1) is 11.6. The summed E-state index contributed by atoms with van der Waals surface area (Å²) in [6.45, 7) is 2.45. The zero-order valence-corrected chi connectivity index (χ0v) is 14.3. The van der Waals surface area contributed by atoms with Crippen molar-refractivity contribution < 1.29 is 14.6 Å². The Balaban J connectivity index is 1.65. The average Bonchev–Trinajstić information content (AvgIpc) is 2.59. The lowest BCUT2D eigenvalue weighted by atomic mass is 9.86. The molecule has 0 amide bonds. The normalized spacial score (nSPS) is 17.0. The van der Waals surface area contributed by atoms with Crippen LogP contribution in [0.25, 0.3) is 10.8 Å². The maximum Gasteiger partial charge on any atom is 0.308 e. The van der Waals surface area contributed by atoms with E-state index < -0.39 is 5.97 Å². The summed E-state index contributed by atoms with van der Waals surface area (Å²) in [5, 5.41) is 15.8. The van der Waals surface area contributed by atoms with Crippen LogP contribution in [-0.4, -0.2) is 30.8 Å². The molecular weight excluding hydrogens is 326 g/mol. The van der Waals surface area contributed by atoms with Gasteiger partial charge in [0, 0.05) is 31.3 Å². The number of fused-ring (bicyclic) bond motifs is 1. The van der Waals surface area contributed by atoms with Crippen LogP contribution in [0, 0.1) is 11.8 Å². The van der Waals surface area contributed by atoms with Crippen LogP contribution in [0.3, 0.4) is 0 Å². The highest BCUT2D eigenvalue weighted by Crippen LogP contribution is 2.25. The molecule has 2 aromatic rings. The molecule has 2 N–H and O–H groups in total. The van der Waals surface area contributed by atoms with Gasteiger partial charge in [0.15, 0.2) is 0 Å². The summed E-state index contributed by atoms with van der Waals surface area (Å²) in [5.41, 5.74) is 1.15. The van der Waals surface area contributed by atoms with Crippen molar-refractivity contribution in [2.75, 3.05) is 19.8 Å². The summed E-state index contributed by atoms with van der Waals surface area (Å²) in [4.78, 5) is 11.6. The molecule has 0 spiro atoms. The molecule has 1 unspecified atom stereocenters. The SMILES string of the molecule is O=C(O)C(CNCc1cccc2cc(Cl)ccc12)C1CCOCC1. The number of aliphatic carboxylic acids is 1. The van der Waals surface area contributed by atoms with E-state index in [0.717, 1.165) is 34.2 Å². The molecule has 0 bridgehead atoms. The molecule has 1 heterocycles. The number of carbonyl (C=O) groups is 1. The molecular formula is C19H22ClNO3. The average molecular weight is 348 g/mol. The quantitative estimate of drug-likeness (QED) is 0.836. The van der Waals surface area contributed by atoms with Gasteiger partial charge in [-0.15, -0.1) is 0 Å². The van der Waals surface area contributed by atoms with Gasteiger partial charge in [0.1, 0.15) is 0 Å². The second kappa shape index (κ2) is 7.97. The first kappa shape index (κ1) is 17.2. The highest BCUT2D eigenvalue weighted by Gasteiger charge is 2.29. The van der Waals surface area contributed by atoms with E-state index in [1.165, 1.54) is 0 Å². The van der Waals surface area contributed by atoms with Gasteiger partial charge < -0.3 is 15.2 Å². The molecule has 1 aliphatic heterocycles. The molecule has 24 heavy (non-hydrogen) atoms. The van der Waals surface area contributed by atoms with Crippen molar-refractivity contribution in [1.29, 1.82) is 0 Å². The van der Waals surface area contributed by atoms with E-state index in [-0.39, 0.29) is 11.8 Å². The number of benzene rings is 2. The Hall–Kier alpha value is -1.62. The molecule has 3 rings (SSSR count). The zero-order valence-electron chi connectivity index (χ0n) is 13.5. The zero-order chi connectivity index (χ0) is 16.9. The number of carboxylic acid groups (broad SMARTS) is 1. The molecule has 0 aromatic heterocycles. The standard InChI is InChI=1S/C19H22ClNO3/c20-16-4-5-17-14(10-16)2-1-3-15(17)11-21-12-18(19(22)23)13-6-8-24-9-7-13/h1-5,10,13,18,21H,6-9,11-12H2,(H,22,23). The summed E-state index contributed by atoms with van der Waals surface area (Å²) in [6, 6.07) is 11.9. The monoisotopic (exact) mass is 347 g/mol. The third kappa shape index (κ3) is 4.07. The Labute approximate surface area is 146 Å². The Morgan fingerprint density at radius 2 is 2.08 bits per heavy atom. The Morgan fingerprint density at radius 1 is 1.29 bits per heavy atom. The minimum Gasteiger partial charge on any atom is -0.481 e. The first-order valence-corrected chi connectivity index (χ1v) is 8.71. The molecule has 128 valence electrons. The number of rotatable bonds is 6. The van der Waals surface area contributed by atoms with Gasteiger partial charge in [0.2, 0.25) is 0 Å². The number of halogens is 1. The van der Waals surface area contributed by atoms with Gasteiger partial charge in [-0.05, 0) is 47.2 Å². The smallest absolute Gasteiger partial charge is 0.308 e. The lowest BCUT2D eigenvalue weighted by Gasteiger charge is -2.27. The van der Waals surface area contributed by atoms with Crippen molar-refractivity contribution >= 4 is 28.3 Å². The highest BCUT2D eigenvalue weighted by molar-refractivity contribution is 6.31. The molecule has 5 heteroatoms. The Bertz CT molecular complexity index is 713. The summed E-state index contributed by atoms with van der Waals surface area (Å²) in [5.74, 6) is -0.896. The van der Waals surface area contributed by atoms with E-state index in [9.17, 15) is 9.90 Å². The first-order valence-electron chi connectivity index (χ1n) is 8.33. The topological polar surface area (TPSA) is 58.6 Å². The largest absolute Gasteiger partial charge is 0.481 e. The lowest BCUT2D eigenvalue weighted by molar-refractivity contribution is -0.144. The Kier molecular flexibility index (Phi) is 5.72. The molecule has 1 fully saturated rings. The Morgan fingerprint density at radius 3 is 2.83 bits per heavy atom. The van der Waals surface area contributed by atoms with Crippen molar-refractivity contribution in [2.24, 2.45) is 11.8 Å². The predicted octanol–water partition coefficient (Wildman–Crippen LogP) is 3.71. The van der Waals surface area contributed by atoms with Gasteiger partial charge >= 0.3 is 5.97 Å². The highest BCUT2D eigenvalue weighted by atomic mass is 35.5. The van der Waals surface area contributed by atoms with E-state index in [4.69, 9.17) is 16.3 Å². The number of ether oxygens (including phenoxy) is 1. The molecule has 1 saturated heterocycles. The molecule has 1 aliphatic rings. The lowest BCUT2D eigenvalue weighted by Crippen LogP contribution is -2.36. The molecule has 2 aromatic carbocycles. The van der Waals surface area contributed by atoms with Crippen molar-refractivity contribution in [3.8, 4) is 0 Å². The summed E-state index contributed by atoms with van der Waals surface area (Å²) in [6.07, 6.45) is 1.65. The molecule has 0 aliphatic carbocycles. The van der Waals surface area contributed by atoms with Crippen LogP contribution in [0.5, 0.6) is 0 Å². The molecule has 0 saturated carbocycles. The summed E-state index contributed by atoms with van der Waals surface area (Å²) < 4.78 is 5.34. The molecule has 0 radical (unpaired) electrons. The van der Waals surface area contributed by atoms with E-state index in [1.54, 1.807) is 0 Å². The second-order valence-corrected chi connectivity index (χ2v) is 6.74. The number of hydrogen-bond acceptors (Lipinski definition) is 3. The fourth-order valence-electron chi connectivity index (χ4n) is 3.41. The van der Waals surface area contributed by atoms with Crippen LogP contribution in [0.2, 0.25) is 5.02 Å². The van der Waals surface area contributed by atoms with Gasteiger partial charge in [-0.1, -0.05) is 35.9 Å². The fourth-order valence-corrected chi connectivity index (χ4v) is 3.59. The van der Waals surface area contributed by atoms with Crippen LogP contribution in [0.1, 0.15) is 18.4 Å². The van der Waals surface area contributed by atoms with Crippen molar-refractivity contribution in [2.45, 2.75) is 19.4 Å². The predicted molar refractivity (Wildman–Crippen MR) is 95.3 cm³/mol. The van der Waals surface area contributed by atoms with Crippen LogP contribution >= 0.6 is 11.6 Å². The van der Waals surface area contributed by atoms with Gasteiger partial charge in [-0.25, -0.2) is 0 Å². The van der Waals surface area contributed by atoms with Crippen LogP contribution in [0.15, 0.2) is 36.4 Å². The van der Waals surface area contributed by atoms with Crippen LogP contribution in [-0.2, 0) is 16.1 Å². The summed E-state index contributed by atoms with van der Waals surface area (Å²) >= 11 is 6.05. The molecule has 4 nitrogen and oxygen atoms in total. The van der Waals surface area contributed by atoms with E-state index in [0.29, 0.717) is 26.3 Å². The van der Waals surface area contributed by atoms with Gasteiger partial charge in [-0.2, -0.15) is 0 Å². The van der Waals surface area contributed by atoms with E-state index in [1.807, 2.05) is 30.3 Å². The van der Waals surface area contributed by atoms with Crippen molar-refractivity contribution in [3.05, 3.63) is 47.0 Å². The third-order valence-corrected chi connectivity index (χ3v) is 5.00. The van der Waals surface area contributed by atoms with Gasteiger partial charge in [-0.3, -0.25) is 4.79 Å². The van der Waals surface area contributed by atoms with E-state index >= 15 is 0 Å². The maximum absolute atomic E-state index is 11.6. The van der Waals surface area contributed by atoms with Crippen LogP contribution < -0.4 is 5.32 Å². The van der Waals surface area contributed by atoms with Gasteiger partial charge in [0.25, 0.3) is 0 Å². The minimum absolute atomic E-state index is 0.190. The molecule has 1 atom stereocenters. The van der Waals surface area contributed by atoms with Crippen molar-refractivity contribution in [3.63, 3.8) is 0 Å². The number of carboxylic acids is 1. The summed E-state index contributed by atoms with van der Waals surface area (Å²) in [7, 11) is 0. The van der Waals surface area contributed by atoms with E-state index in [2.05, 4.69) is 11.4 Å². The number of hydrogen-bond donors (Lipinski definition) is 2. The fraction of sp³-hybridized carbons (Fsp3) is 0.421. The van der Waals surface area contributed by atoms with Crippen molar-refractivity contribution in [1.82, 2.24) is 5.32 Å². The van der Waals surface area contributed by atoms with Crippen LogP contribution in [0.4, 0.5) is 0 Å². The third-order valence-electron chi connectivity index (χ3n) is 4.76. The number of nitrogens with one attached hydrogen (secondary N) is 1. The minimum atomic E-state index is -0.723. The van der Waals surface area contributed by atoms with Gasteiger partial charge in [0.05, 0.1) is 5.92 Å².